The number of halogens is 1. The van der Waals surface area contributed by atoms with E-state index in [9.17, 15) is 9.18 Å². The van der Waals surface area contributed by atoms with E-state index in [1.807, 2.05) is 58.6 Å². The van der Waals surface area contributed by atoms with Crippen LogP contribution >= 0.6 is 0 Å². The minimum Gasteiger partial charge on any atom is -0.399 e. The molecule has 5 nitrogen and oxygen atoms in total. The van der Waals surface area contributed by atoms with Gasteiger partial charge in [-0.1, -0.05) is 12.1 Å². The molecule has 170 valence electrons. The Labute approximate surface area is 186 Å². The van der Waals surface area contributed by atoms with Gasteiger partial charge in [0.2, 0.25) is 5.91 Å². The van der Waals surface area contributed by atoms with Crippen molar-refractivity contribution in [3.8, 4) is 0 Å². The SMILES string of the molecule is CC(C)(F)CNC1CC(N2C(=O)C(C)(C)c3ccc(B4OC(C)(C)C(C)(C)O4)cc32)C1. The smallest absolute Gasteiger partial charge is 0.399 e. The van der Waals surface area contributed by atoms with E-state index in [0.717, 1.165) is 29.6 Å². The van der Waals surface area contributed by atoms with Crippen LogP contribution in [0.5, 0.6) is 0 Å². The normalized spacial score (nSPS) is 28.6. The van der Waals surface area contributed by atoms with Crippen molar-refractivity contribution in [1.29, 1.82) is 0 Å². The first-order valence-electron chi connectivity index (χ1n) is 11.4. The highest BCUT2D eigenvalue weighted by Crippen LogP contribution is 2.45. The number of amides is 1. The molecule has 7 heteroatoms. The predicted octanol–water partition coefficient (Wildman–Crippen LogP) is 3.48. The number of carbonyl (C=O) groups is 1. The minimum atomic E-state index is -1.24. The lowest BCUT2D eigenvalue weighted by molar-refractivity contribution is -0.123. The molecular formula is C24H36BFN2O3. The summed E-state index contributed by atoms with van der Waals surface area (Å²) in [6, 6.07) is 6.50. The van der Waals surface area contributed by atoms with Crippen LogP contribution in [0.25, 0.3) is 0 Å². The third kappa shape index (κ3) is 3.83. The Balaban J connectivity index is 1.56. The molecule has 1 amide bonds. The van der Waals surface area contributed by atoms with Crippen molar-refractivity contribution in [3.63, 3.8) is 0 Å². The van der Waals surface area contributed by atoms with Crippen molar-refractivity contribution in [2.24, 2.45) is 0 Å². The van der Waals surface area contributed by atoms with Crippen LogP contribution in [0.2, 0.25) is 0 Å². The second-order valence-electron chi connectivity index (χ2n) is 11.6. The molecule has 0 aromatic heterocycles. The fourth-order valence-corrected chi connectivity index (χ4v) is 4.64. The summed E-state index contributed by atoms with van der Waals surface area (Å²) in [7, 11) is -0.460. The number of hydrogen-bond donors (Lipinski definition) is 1. The lowest BCUT2D eigenvalue weighted by atomic mass is 9.76. The maximum absolute atomic E-state index is 13.8. The number of alkyl halides is 1. The maximum Gasteiger partial charge on any atom is 0.494 e. The van der Waals surface area contributed by atoms with E-state index in [1.54, 1.807) is 13.8 Å². The summed E-state index contributed by atoms with van der Waals surface area (Å²) in [6.45, 7) is 15.6. The molecule has 2 fully saturated rings. The quantitative estimate of drug-likeness (QED) is 0.727. The number of nitrogens with zero attached hydrogens (tertiary/aromatic N) is 1. The molecule has 0 bridgehead atoms. The Morgan fingerprint density at radius 1 is 1.13 bits per heavy atom. The molecule has 0 radical (unpaired) electrons. The van der Waals surface area contributed by atoms with E-state index in [4.69, 9.17) is 9.31 Å². The van der Waals surface area contributed by atoms with Gasteiger partial charge in [0, 0.05) is 24.3 Å². The average molecular weight is 430 g/mol. The van der Waals surface area contributed by atoms with E-state index < -0.39 is 29.4 Å². The van der Waals surface area contributed by atoms with E-state index in [-0.39, 0.29) is 18.0 Å². The van der Waals surface area contributed by atoms with Gasteiger partial charge in [0.1, 0.15) is 5.67 Å². The van der Waals surface area contributed by atoms with E-state index >= 15 is 0 Å². The molecule has 0 spiro atoms. The van der Waals surface area contributed by atoms with Crippen LogP contribution in [-0.4, -0.2) is 48.5 Å². The van der Waals surface area contributed by atoms with Crippen LogP contribution in [-0.2, 0) is 19.5 Å². The Morgan fingerprint density at radius 2 is 1.71 bits per heavy atom. The van der Waals surface area contributed by atoms with Crippen LogP contribution in [0, 0.1) is 0 Å². The first kappa shape index (κ1) is 22.7. The van der Waals surface area contributed by atoms with Crippen molar-refractivity contribution < 1.29 is 18.5 Å². The van der Waals surface area contributed by atoms with Crippen LogP contribution in [0.1, 0.15) is 73.8 Å². The van der Waals surface area contributed by atoms with Gasteiger partial charge < -0.3 is 19.5 Å². The molecule has 0 unspecified atom stereocenters. The fourth-order valence-electron chi connectivity index (χ4n) is 4.64. The average Bonchev–Trinajstić information content (AvgIpc) is 2.93. The number of benzene rings is 1. The summed E-state index contributed by atoms with van der Waals surface area (Å²) < 4.78 is 26.3. The summed E-state index contributed by atoms with van der Waals surface area (Å²) in [5.41, 5.74) is 0.298. The Hall–Kier alpha value is -1.44. The summed E-state index contributed by atoms with van der Waals surface area (Å²) in [6.07, 6.45) is 1.66. The van der Waals surface area contributed by atoms with Gasteiger partial charge in [0.25, 0.3) is 0 Å². The molecule has 1 saturated heterocycles. The number of anilines is 1. The zero-order valence-electron chi connectivity index (χ0n) is 20.1. The zero-order chi connectivity index (χ0) is 23.0. The number of carbonyl (C=O) groups excluding carboxylic acids is 1. The summed E-state index contributed by atoms with van der Waals surface area (Å²) in [5.74, 6) is 0.128. The monoisotopic (exact) mass is 430 g/mol. The molecule has 1 aliphatic carbocycles. The highest BCUT2D eigenvalue weighted by molar-refractivity contribution is 6.62. The van der Waals surface area contributed by atoms with Gasteiger partial charge in [0.05, 0.1) is 16.6 Å². The second-order valence-corrected chi connectivity index (χ2v) is 11.6. The third-order valence-electron chi connectivity index (χ3n) is 7.52. The highest BCUT2D eigenvalue weighted by Gasteiger charge is 2.53. The minimum absolute atomic E-state index is 0.127. The fraction of sp³-hybridized carbons (Fsp3) is 0.708. The topological polar surface area (TPSA) is 50.8 Å². The van der Waals surface area contributed by atoms with Crippen molar-refractivity contribution >= 4 is 24.2 Å². The van der Waals surface area contributed by atoms with Crippen LogP contribution in [0.4, 0.5) is 10.1 Å². The van der Waals surface area contributed by atoms with Gasteiger partial charge in [-0.25, -0.2) is 4.39 Å². The summed E-state index contributed by atoms with van der Waals surface area (Å²) in [4.78, 5) is 15.3. The third-order valence-corrected chi connectivity index (χ3v) is 7.52. The number of rotatable bonds is 5. The van der Waals surface area contributed by atoms with Crippen molar-refractivity contribution in [3.05, 3.63) is 23.8 Å². The molecular weight excluding hydrogens is 394 g/mol. The molecule has 2 aliphatic heterocycles. The molecule has 1 N–H and O–H groups in total. The van der Waals surface area contributed by atoms with E-state index in [1.165, 1.54) is 0 Å². The number of fused-ring (bicyclic) bond motifs is 1. The summed E-state index contributed by atoms with van der Waals surface area (Å²) in [5, 5.41) is 3.29. The Bertz CT molecular complexity index is 871. The highest BCUT2D eigenvalue weighted by atomic mass is 19.1. The second kappa shape index (κ2) is 7.03. The standard InChI is InChI=1S/C24H36BFN2O3/c1-21(2,26)14-27-16-12-17(13-16)28-19-11-15(9-10-18(19)22(3,4)20(28)29)25-30-23(5,6)24(7,8)31-25/h9-11,16-17,27H,12-14H2,1-8H3. The Kier molecular flexibility index (Phi) is 5.16. The maximum atomic E-state index is 13.8. The van der Waals surface area contributed by atoms with Crippen LogP contribution in [0.3, 0.4) is 0 Å². The van der Waals surface area contributed by atoms with Gasteiger partial charge in [-0.05, 0) is 85.3 Å². The molecule has 1 saturated carbocycles. The van der Waals surface area contributed by atoms with Crippen LogP contribution in [0.15, 0.2) is 18.2 Å². The van der Waals surface area contributed by atoms with Gasteiger partial charge in [-0.15, -0.1) is 0 Å². The van der Waals surface area contributed by atoms with E-state index in [0.29, 0.717) is 6.54 Å². The van der Waals surface area contributed by atoms with Gasteiger partial charge in [-0.3, -0.25) is 4.79 Å². The summed E-state index contributed by atoms with van der Waals surface area (Å²) >= 11 is 0. The lowest BCUT2D eigenvalue weighted by Gasteiger charge is -2.43. The van der Waals surface area contributed by atoms with E-state index in [2.05, 4.69) is 11.4 Å². The number of nitrogens with one attached hydrogen (secondary N) is 1. The molecule has 2 heterocycles. The molecule has 3 aliphatic rings. The first-order chi connectivity index (χ1) is 14.1. The largest absolute Gasteiger partial charge is 0.494 e. The van der Waals surface area contributed by atoms with Crippen LogP contribution < -0.4 is 15.7 Å². The lowest BCUT2D eigenvalue weighted by Crippen LogP contribution is -2.56. The number of hydrogen-bond acceptors (Lipinski definition) is 4. The van der Waals surface area contributed by atoms with Gasteiger partial charge in [0.15, 0.2) is 0 Å². The predicted molar refractivity (Wildman–Crippen MR) is 123 cm³/mol. The zero-order valence-corrected chi connectivity index (χ0v) is 20.1. The van der Waals surface area contributed by atoms with Gasteiger partial charge in [-0.2, -0.15) is 0 Å². The van der Waals surface area contributed by atoms with Gasteiger partial charge >= 0.3 is 7.12 Å². The molecule has 1 aromatic rings. The molecule has 31 heavy (non-hydrogen) atoms. The Morgan fingerprint density at radius 3 is 2.26 bits per heavy atom. The molecule has 4 rings (SSSR count). The van der Waals surface area contributed by atoms with Crippen molar-refractivity contribution in [2.45, 2.75) is 103 Å². The molecule has 1 aromatic carbocycles. The van der Waals surface area contributed by atoms with Crippen molar-refractivity contribution in [1.82, 2.24) is 5.32 Å². The van der Waals surface area contributed by atoms with Crippen molar-refractivity contribution in [2.75, 3.05) is 11.4 Å². The molecule has 0 atom stereocenters. The first-order valence-corrected chi connectivity index (χ1v) is 11.4.